The summed E-state index contributed by atoms with van der Waals surface area (Å²) >= 11 is 0. The first-order valence-corrected chi connectivity index (χ1v) is 3.71. The Kier molecular flexibility index (Phi) is 5.18. The first-order valence-electron chi connectivity index (χ1n) is 3.71. The van der Waals surface area contributed by atoms with E-state index in [0.29, 0.717) is 4.90 Å². The molecule has 0 aliphatic carbocycles. The van der Waals surface area contributed by atoms with E-state index in [0.717, 1.165) is 12.3 Å². The summed E-state index contributed by atoms with van der Waals surface area (Å²) in [7, 11) is 0. The van der Waals surface area contributed by atoms with E-state index >= 15 is 0 Å². The Bertz CT molecular complexity index is 234. The number of carbonyl (C=O) groups excluding carboxylic acids is 3. The highest BCUT2D eigenvalue weighted by Gasteiger charge is 2.09. The molecule has 13 heavy (non-hydrogen) atoms. The highest BCUT2D eigenvalue weighted by molar-refractivity contribution is 5.89. The van der Waals surface area contributed by atoms with Crippen molar-refractivity contribution in [1.82, 2.24) is 4.90 Å². The number of nitrogens with zero attached hydrogens (tertiary/aromatic N) is 1. The number of amides is 2. The predicted molar refractivity (Wildman–Crippen MR) is 44.7 cm³/mol. The smallest absolute Gasteiger partial charge is 0.420 e. The largest absolute Gasteiger partial charge is 0.449 e. The zero-order valence-electron chi connectivity index (χ0n) is 7.52. The van der Waals surface area contributed by atoms with Crippen molar-refractivity contribution in [3.63, 3.8) is 0 Å². The van der Waals surface area contributed by atoms with Gasteiger partial charge in [0.25, 0.3) is 0 Å². The van der Waals surface area contributed by atoms with Crippen LogP contribution >= 0.6 is 0 Å². The lowest BCUT2D eigenvalue weighted by Gasteiger charge is -2.08. The summed E-state index contributed by atoms with van der Waals surface area (Å²) in [5.41, 5.74) is 0. The molecule has 0 unspecified atom stereocenters. The molecule has 5 heteroatoms. The molecule has 0 aliphatic heterocycles. The Hall–Kier alpha value is -1.65. The van der Waals surface area contributed by atoms with Gasteiger partial charge in [-0.05, 0) is 19.9 Å². The minimum atomic E-state index is -0.796. The molecule has 0 rings (SSSR count). The number of imide groups is 1. The van der Waals surface area contributed by atoms with E-state index in [9.17, 15) is 14.4 Å². The summed E-state index contributed by atoms with van der Waals surface area (Å²) in [6, 6.07) is 0. The summed E-state index contributed by atoms with van der Waals surface area (Å²) in [5, 5.41) is 0. The maximum atomic E-state index is 10.9. The monoisotopic (exact) mass is 185 g/mol. The third-order valence-electron chi connectivity index (χ3n) is 1.06. The van der Waals surface area contributed by atoms with Gasteiger partial charge in [0.1, 0.15) is 0 Å². The van der Waals surface area contributed by atoms with E-state index in [1.54, 1.807) is 6.92 Å². The highest BCUT2D eigenvalue weighted by Crippen LogP contribution is 1.92. The quantitative estimate of drug-likeness (QED) is 0.477. The molecule has 72 valence electrons. The van der Waals surface area contributed by atoms with Crippen LogP contribution in [0, 0.1) is 0 Å². The molecule has 0 saturated heterocycles. The molecule has 0 N–H and O–H groups in total. The molecule has 0 aromatic carbocycles. The summed E-state index contributed by atoms with van der Waals surface area (Å²) in [5.74, 6) is -0.254. The topological polar surface area (TPSA) is 63.7 Å². The summed E-state index contributed by atoms with van der Waals surface area (Å²) in [6.07, 6.45) is 1.64. The lowest BCUT2D eigenvalue weighted by atomic mass is 10.4. The van der Waals surface area contributed by atoms with Crippen molar-refractivity contribution in [2.45, 2.75) is 13.8 Å². The summed E-state index contributed by atoms with van der Waals surface area (Å²) in [4.78, 5) is 32.3. The van der Waals surface area contributed by atoms with Gasteiger partial charge in [-0.25, -0.2) is 9.69 Å². The summed E-state index contributed by atoms with van der Waals surface area (Å²) < 4.78 is 4.52. The molecule has 5 nitrogen and oxygen atoms in total. The van der Waals surface area contributed by atoms with Crippen molar-refractivity contribution in [2.75, 3.05) is 6.61 Å². The van der Waals surface area contributed by atoms with Gasteiger partial charge in [-0.2, -0.15) is 0 Å². The molecule has 0 bridgehead atoms. The van der Waals surface area contributed by atoms with Crippen LogP contribution in [0.15, 0.2) is 12.3 Å². The van der Waals surface area contributed by atoms with Crippen LogP contribution in [0.2, 0.25) is 0 Å². The van der Waals surface area contributed by atoms with Gasteiger partial charge >= 0.3 is 6.09 Å². The second-order valence-corrected chi connectivity index (χ2v) is 2.14. The fraction of sp³-hybridized carbons (Fsp3) is 0.375. The number of ether oxygens (including phenoxy) is 1. The molecule has 0 fully saturated rings. The zero-order chi connectivity index (χ0) is 10.3. The molecular formula is C8H11NO4. The Labute approximate surface area is 76.0 Å². The average Bonchev–Trinajstić information content (AvgIpc) is 2.05. The molecule has 0 heterocycles. The molecule has 0 atom stereocenters. The van der Waals surface area contributed by atoms with Gasteiger partial charge in [0, 0.05) is 6.20 Å². The van der Waals surface area contributed by atoms with Crippen LogP contribution in [-0.4, -0.2) is 29.8 Å². The van der Waals surface area contributed by atoms with Crippen LogP contribution < -0.4 is 0 Å². The van der Waals surface area contributed by atoms with E-state index in [1.807, 2.05) is 0 Å². The number of hydrogen-bond acceptors (Lipinski definition) is 4. The average molecular weight is 185 g/mol. The third-order valence-corrected chi connectivity index (χ3v) is 1.06. The van der Waals surface area contributed by atoms with E-state index in [1.165, 1.54) is 6.92 Å². The van der Waals surface area contributed by atoms with E-state index in [2.05, 4.69) is 4.74 Å². The van der Waals surface area contributed by atoms with Gasteiger partial charge in [-0.1, -0.05) is 0 Å². The van der Waals surface area contributed by atoms with E-state index < -0.39 is 6.09 Å². The first-order chi connectivity index (χ1) is 6.11. The van der Waals surface area contributed by atoms with Crippen molar-refractivity contribution in [3.05, 3.63) is 12.3 Å². The molecular weight excluding hydrogens is 174 g/mol. The van der Waals surface area contributed by atoms with Crippen LogP contribution in [0.5, 0.6) is 0 Å². The number of allylic oxidation sites excluding steroid dienone is 1. The predicted octanol–water partition coefficient (Wildman–Crippen LogP) is 0.704. The van der Waals surface area contributed by atoms with Crippen molar-refractivity contribution in [2.24, 2.45) is 0 Å². The lowest BCUT2D eigenvalue weighted by Crippen LogP contribution is -2.25. The Morgan fingerprint density at radius 1 is 1.46 bits per heavy atom. The number of carbonyl (C=O) groups is 3. The van der Waals surface area contributed by atoms with Crippen LogP contribution in [0.4, 0.5) is 4.79 Å². The van der Waals surface area contributed by atoms with Gasteiger partial charge in [0.15, 0.2) is 5.78 Å². The van der Waals surface area contributed by atoms with E-state index in [4.69, 9.17) is 0 Å². The number of hydrogen-bond donors (Lipinski definition) is 0. The standard InChI is InChI=1S/C8H11NO4/c1-3-13-8(12)9(6-10)5-4-7(2)11/h4-6H,3H2,1-2H3. The lowest BCUT2D eigenvalue weighted by molar-refractivity contribution is -0.114. The SMILES string of the molecule is CCOC(=O)N(C=O)C=CC(C)=O. The number of rotatable bonds is 4. The van der Waals surface area contributed by atoms with Crippen molar-refractivity contribution in [1.29, 1.82) is 0 Å². The first kappa shape index (κ1) is 11.4. The maximum absolute atomic E-state index is 10.9. The molecule has 0 aromatic rings. The molecule has 0 saturated carbocycles. The minimum absolute atomic E-state index is 0.178. The second-order valence-electron chi connectivity index (χ2n) is 2.14. The molecule has 2 amide bonds. The molecule has 0 radical (unpaired) electrons. The van der Waals surface area contributed by atoms with Gasteiger partial charge in [-0.15, -0.1) is 0 Å². The summed E-state index contributed by atoms with van der Waals surface area (Å²) in [6.45, 7) is 3.11. The van der Waals surface area contributed by atoms with Gasteiger partial charge in [0.2, 0.25) is 6.41 Å². The van der Waals surface area contributed by atoms with Crippen LogP contribution in [0.3, 0.4) is 0 Å². The minimum Gasteiger partial charge on any atom is -0.449 e. The molecule has 0 aliphatic rings. The van der Waals surface area contributed by atoms with Crippen molar-refractivity contribution in [3.8, 4) is 0 Å². The van der Waals surface area contributed by atoms with Gasteiger partial charge in [-0.3, -0.25) is 9.59 Å². The fourth-order valence-electron chi connectivity index (χ4n) is 0.522. The van der Waals surface area contributed by atoms with Crippen LogP contribution in [0.1, 0.15) is 13.8 Å². The normalized spacial score (nSPS) is 9.69. The Morgan fingerprint density at radius 3 is 2.46 bits per heavy atom. The number of ketones is 1. The molecule has 0 spiro atoms. The van der Waals surface area contributed by atoms with E-state index in [-0.39, 0.29) is 18.8 Å². The second kappa shape index (κ2) is 5.93. The zero-order valence-corrected chi connectivity index (χ0v) is 7.52. The Morgan fingerprint density at radius 2 is 2.08 bits per heavy atom. The van der Waals surface area contributed by atoms with Crippen molar-refractivity contribution < 1.29 is 19.1 Å². The maximum Gasteiger partial charge on any atom is 0.420 e. The molecule has 0 aromatic heterocycles. The third kappa shape index (κ3) is 4.73. The van der Waals surface area contributed by atoms with Gasteiger partial charge in [0.05, 0.1) is 6.61 Å². The van der Waals surface area contributed by atoms with Crippen LogP contribution in [0.25, 0.3) is 0 Å². The van der Waals surface area contributed by atoms with Gasteiger partial charge < -0.3 is 4.74 Å². The fourth-order valence-corrected chi connectivity index (χ4v) is 0.522. The van der Waals surface area contributed by atoms with Crippen LogP contribution in [-0.2, 0) is 14.3 Å². The Balaban J connectivity index is 4.25. The highest BCUT2D eigenvalue weighted by atomic mass is 16.6. The van der Waals surface area contributed by atoms with Crippen molar-refractivity contribution >= 4 is 18.3 Å².